The van der Waals surface area contributed by atoms with Gasteiger partial charge in [0.15, 0.2) is 0 Å². The Bertz CT molecular complexity index is 231. The Morgan fingerprint density at radius 2 is 1.36 bits per heavy atom. The summed E-state index contributed by atoms with van der Waals surface area (Å²) in [5.74, 6) is -1.67. The van der Waals surface area contributed by atoms with Gasteiger partial charge in [-0.05, 0) is 0 Å². The van der Waals surface area contributed by atoms with E-state index in [1.165, 1.54) is 0 Å². The molecule has 0 fully saturated rings. The lowest BCUT2D eigenvalue weighted by Crippen LogP contribution is -2.35. The van der Waals surface area contributed by atoms with Gasteiger partial charge in [-0.1, -0.05) is 113 Å². The molecule has 0 N–H and O–H groups in total. The van der Waals surface area contributed by atoms with E-state index >= 15 is 0 Å². The molecule has 0 aromatic rings. The molecule has 0 radical (unpaired) electrons. The molecule has 0 bridgehead atoms. The van der Waals surface area contributed by atoms with E-state index in [9.17, 15) is 18.0 Å². The molecule has 0 atom stereocenters. The smallest absolute Gasteiger partial charge is 0.290 e. The van der Waals surface area contributed by atoms with E-state index in [2.05, 4.69) is 0 Å². The molecule has 0 unspecified atom stereocenters. The third-order valence-corrected chi connectivity index (χ3v) is 12.4. The Morgan fingerprint density at radius 1 is 1.00 bits per heavy atom. The highest BCUT2D eigenvalue weighted by Gasteiger charge is 2.49. The summed E-state index contributed by atoms with van der Waals surface area (Å²) in [7, 11) is 0. The van der Waals surface area contributed by atoms with Crippen molar-refractivity contribution in [3.8, 4) is 0 Å². The standard InChI is InChI=1S/C5H2F3I5O/c6-4(7,8)2(14)1-3(9,10)5(11,12)13/h1H2. The number of rotatable bonds is 3. The van der Waals surface area contributed by atoms with Gasteiger partial charge in [-0.15, -0.1) is 0 Å². The Balaban J connectivity index is 4.62. The van der Waals surface area contributed by atoms with E-state index in [1.54, 1.807) is 0 Å². The van der Waals surface area contributed by atoms with Crippen LogP contribution in [0.3, 0.4) is 0 Å². The van der Waals surface area contributed by atoms with Gasteiger partial charge in [0.25, 0.3) is 0 Å². The summed E-state index contributed by atoms with van der Waals surface area (Å²) >= 11 is 9.82. The molecule has 0 saturated heterocycles. The molecule has 14 heavy (non-hydrogen) atoms. The van der Waals surface area contributed by atoms with Crippen LogP contribution in [0.2, 0.25) is 0 Å². The number of Topliss-reactive ketones (excluding diaryl/α,β-unsaturated/α-hetero) is 1. The number of carbonyl (C=O) groups is 1. The quantitative estimate of drug-likeness (QED) is 0.291. The Labute approximate surface area is 147 Å². The Hall–Kier alpha value is 3.11. The fraction of sp³-hybridized carbons (Fsp3) is 0.800. The zero-order chi connectivity index (χ0) is 11.8. The van der Waals surface area contributed by atoms with Gasteiger partial charge < -0.3 is 0 Å². The van der Waals surface area contributed by atoms with E-state index in [4.69, 9.17) is 0 Å². The van der Waals surface area contributed by atoms with Crippen molar-refractivity contribution in [1.29, 1.82) is 0 Å². The van der Waals surface area contributed by atoms with Crippen molar-refractivity contribution in [2.24, 2.45) is 0 Å². The number of ketones is 1. The van der Waals surface area contributed by atoms with Gasteiger partial charge >= 0.3 is 6.18 Å². The average Bonchev–Trinajstić information content (AvgIpc) is 1.80. The molecule has 0 saturated carbocycles. The molecular formula is C5H2F3I5O. The van der Waals surface area contributed by atoms with Gasteiger partial charge in [0, 0.05) is 6.42 Å². The van der Waals surface area contributed by atoms with Gasteiger partial charge in [-0.3, -0.25) is 4.79 Å². The second kappa shape index (κ2) is 5.83. The maximum absolute atomic E-state index is 12.0. The maximum atomic E-state index is 12.0. The predicted molar refractivity (Wildman–Crippen MR) is 91.2 cm³/mol. The molecule has 0 rings (SSSR count). The summed E-state index contributed by atoms with van der Waals surface area (Å²) in [5, 5.41) is 0. The van der Waals surface area contributed by atoms with Gasteiger partial charge in [0.2, 0.25) is 5.78 Å². The van der Waals surface area contributed by atoms with Crippen LogP contribution in [-0.2, 0) is 4.79 Å². The zero-order valence-corrected chi connectivity index (χ0v) is 16.9. The Kier molecular flexibility index (Phi) is 7.13. The van der Waals surface area contributed by atoms with E-state index < -0.39 is 19.2 Å². The molecule has 0 aliphatic carbocycles. The van der Waals surface area contributed by atoms with Gasteiger partial charge in [-0.25, -0.2) is 0 Å². The van der Waals surface area contributed by atoms with Gasteiger partial charge in [0.1, 0.15) is 0.864 Å². The lowest BCUT2D eigenvalue weighted by molar-refractivity contribution is -0.170. The first-order valence-corrected chi connectivity index (χ1v) is 8.32. The van der Waals surface area contributed by atoms with Crippen molar-refractivity contribution in [3.63, 3.8) is 0 Å². The number of halogens is 8. The highest BCUT2D eigenvalue weighted by Crippen LogP contribution is 2.56. The van der Waals surface area contributed by atoms with E-state index in [0.29, 0.717) is 0 Å². The number of hydrogen-bond donors (Lipinski definition) is 0. The third kappa shape index (κ3) is 5.63. The molecule has 0 aliphatic heterocycles. The summed E-state index contributed by atoms with van der Waals surface area (Å²) < 4.78 is 34.8. The summed E-state index contributed by atoms with van der Waals surface area (Å²) in [6.07, 6.45) is -5.23. The van der Waals surface area contributed by atoms with Crippen molar-refractivity contribution in [3.05, 3.63) is 0 Å². The van der Waals surface area contributed by atoms with E-state index in [0.717, 1.165) is 0 Å². The van der Waals surface area contributed by atoms with Crippen molar-refractivity contribution in [1.82, 2.24) is 0 Å². The van der Waals surface area contributed by atoms with Crippen LogP contribution in [0.25, 0.3) is 0 Å². The predicted octanol–water partition coefficient (Wildman–Crippen LogP) is 5.03. The second-order valence-corrected chi connectivity index (χ2v) is 19.1. The summed E-state index contributed by atoms with van der Waals surface area (Å²) in [4.78, 5) is 10.8. The van der Waals surface area contributed by atoms with E-state index in [1.807, 2.05) is 113 Å². The summed E-state index contributed by atoms with van der Waals surface area (Å²) in [6.45, 7) is 0. The number of hydrogen-bond acceptors (Lipinski definition) is 1. The van der Waals surface area contributed by atoms with Crippen LogP contribution < -0.4 is 0 Å². The van der Waals surface area contributed by atoms with Gasteiger partial charge in [-0.2, -0.15) is 13.2 Å². The topological polar surface area (TPSA) is 17.1 Å². The first-order valence-electron chi connectivity index (χ1n) is 2.92. The third-order valence-electron chi connectivity index (χ3n) is 1.11. The normalized spacial score (nSPS) is 14.3. The molecule has 9 heteroatoms. The lowest BCUT2D eigenvalue weighted by Gasteiger charge is -2.29. The van der Waals surface area contributed by atoms with Crippen molar-refractivity contribution in [2.45, 2.75) is 13.5 Å². The molecular weight excluding hydrogens is 768 g/mol. The summed E-state index contributed by atoms with van der Waals surface area (Å²) in [5.41, 5.74) is 0. The highest BCUT2D eigenvalue weighted by atomic mass is 127. The molecule has 0 amide bonds. The molecule has 0 aromatic carbocycles. The van der Waals surface area contributed by atoms with Gasteiger partial charge in [0.05, 0.1) is 0 Å². The van der Waals surface area contributed by atoms with Crippen LogP contribution >= 0.6 is 113 Å². The number of alkyl halides is 8. The molecule has 1 nitrogen and oxygen atoms in total. The van der Waals surface area contributed by atoms with Crippen LogP contribution in [0.1, 0.15) is 6.42 Å². The van der Waals surface area contributed by atoms with E-state index in [-0.39, 0.29) is 0 Å². The van der Waals surface area contributed by atoms with Crippen molar-refractivity contribution >= 4 is 119 Å². The van der Waals surface area contributed by atoms with Crippen LogP contribution in [0.15, 0.2) is 0 Å². The van der Waals surface area contributed by atoms with Crippen LogP contribution in [-0.4, -0.2) is 12.8 Å². The fourth-order valence-corrected chi connectivity index (χ4v) is 1.67. The molecule has 0 heterocycles. The molecule has 84 valence electrons. The minimum Gasteiger partial charge on any atom is -0.290 e. The van der Waals surface area contributed by atoms with Crippen LogP contribution in [0, 0.1) is 0 Å². The number of carbonyl (C=O) groups excluding carboxylic acids is 1. The van der Waals surface area contributed by atoms with Crippen molar-refractivity contribution < 1.29 is 18.0 Å². The first-order chi connectivity index (χ1) is 5.88. The monoisotopic (exact) mass is 770 g/mol. The SMILES string of the molecule is O=C(CC(I)(I)C(I)(I)I)C(F)(F)F. The maximum Gasteiger partial charge on any atom is 0.450 e. The Morgan fingerprint density at radius 3 is 1.57 bits per heavy atom. The largest absolute Gasteiger partial charge is 0.450 e. The fourth-order valence-electron chi connectivity index (χ4n) is 0.402. The average molecular weight is 770 g/mol. The van der Waals surface area contributed by atoms with Crippen molar-refractivity contribution in [2.75, 3.05) is 0 Å². The molecule has 0 spiro atoms. The highest BCUT2D eigenvalue weighted by molar-refractivity contribution is 14.3. The zero-order valence-electron chi connectivity index (χ0n) is 6.14. The summed E-state index contributed by atoms with van der Waals surface area (Å²) in [6, 6.07) is 0. The molecule has 0 aromatic heterocycles. The first kappa shape index (κ1) is 17.1. The second-order valence-electron chi connectivity index (χ2n) is 2.30. The molecule has 0 aliphatic rings. The minimum atomic E-state index is -4.73. The van der Waals surface area contributed by atoms with Crippen LogP contribution in [0.5, 0.6) is 0 Å². The minimum absolute atomic E-state index is 0.442. The van der Waals surface area contributed by atoms with Crippen LogP contribution in [0.4, 0.5) is 13.2 Å². The lowest BCUT2D eigenvalue weighted by atomic mass is 10.2.